The molecule has 0 aromatic heterocycles. The Morgan fingerprint density at radius 3 is 2.37 bits per heavy atom. The van der Waals surface area contributed by atoms with E-state index >= 15 is 0 Å². The second-order valence-electron chi connectivity index (χ2n) is 7.51. The first kappa shape index (κ1) is 22.0. The summed E-state index contributed by atoms with van der Waals surface area (Å²) in [6, 6.07) is 11.3. The van der Waals surface area contributed by atoms with E-state index < -0.39 is 11.7 Å². The van der Waals surface area contributed by atoms with E-state index in [0.29, 0.717) is 31.5 Å². The Kier molecular flexibility index (Phi) is 7.21. The molecular formula is C23H24ClFN2O3. The second-order valence-corrected chi connectivity index (χ2v) is 7.92. The summed E-state index contributed by atoms with van der Waals surface area (Å²) in [7, 11) is 0. The lowest BCUT2D eigenvalue weighted by atomic mass is 10.0. The topological polar surface area (TPSA) is 66.5 Å². The number of carbonyl (C=O) groups excluding carboxylic acids is 3. The van der Waals surface area contributed by atoms with Gasteiger partial charge in [0.2, 0.25) is 5.91 Å². The molecule has 2 aromatic rings. The Labute approximate surface area is 180 Å². The molecule has 1 fully saturated rings. The fourth-order valence-corrected chi connectivity index (χ4v) is 3.76. The van der Waals surface area contributed by atoms with Crippen molar-refractivity contribution in [2.24, 2.45) is 0 Å². The summed E-state index contributed by atoms with van der Waals surface area (Å²) in [6.45, 7) is 2.91. The highest BCUT2D eigenvalue weighted by atomic mass is 35.5. The number of amides is 2. The van der Waals surface area contributed by atoms with Crippen LogP contribution in [0.3, 0.4) is 0 Å². The average Bonchev–Trinajstić information content (AvgIpc) is 2.72. The zero-order valence-corrected chi connectivity index (χ0v) is 17.5. The van der Waals surface area contributed by atoms with E-state index in [1.54, 1.807) is 17.0 Å². The fourth-order valence-electron chi connectivity index (χ4n) is 3.51. The van der Waals surface area contributed by atoms with Gasteiger partial charge in [0.1, 0.15) is 5.82 Å². The number of Topliss-reactive ketones (excluding diaryl/α,β-unsaturated/α-hetero) is 1. The van der Waals surface area contributed by atoms with Gasteiger partial charge in [0.25, 0.3) is 5.91 Å². The molecule has 3 rings (SSSR count). The van der Waals surface area contributed by atoms with E-state index in [2.05, 4.69) is 5.32 Å². The fraction of sp³-hybridized carbons (Fsp3) is 0.348. The molecule has 0 spiro atoms. The second kappa shape index (κ2) is 9.85. The lowest BCUT2D eigenvalue weighted by Gasteiger charge is -2.32. The van der Waals surface area contributed by atoms with Gasteiger partial charge in [-0.2, -0.15) is 0 Å². The summed E-state index contributed by atoms with van der Waals surface area (Å²) in [5.74, 6) is -1.33. The number of nitrogens with one attached hydrogen (secondary N) is 1. The van der Waals surface area contributed by atoms with Crippen molar-refractivity contribution in [3.8, 4) is 0 Å². The number of benzene rings is 2. The minimum absolute atomic E-state index is 0.0488. The lowest BCUT2D eigenvalue weighted by molar-refractivity contribution is -0.132. The van der Waals surface area contributed by atoms with Crippen LogP contribution < -0.4 is 5.32 Å². The molecule has 0 aliphatic carbocycles. The van der Waals surface area contributed by atoms with Crippen LogP contribution in [0.15, 0.2) is 42.5 Å². The molecule has 7 heteroatoms. The van der Waals surface area contributed by atoms with Gasteiger partial charge in [0.05, 0.1) is 10.6 Å². The Bertz CT molecular complexity index is 918. The van der Waals surface area contributed by atoms with E-state index in [0.717, 1.165) is 5.56 Å². The van der Waals surface area contributed by atoms with E-state index in [-0.39, 0.29) is 41.2 Å². The first-order valence-corrected chi connectivity index (χ1v) is 10.4. The maximum absolute atomic E-state index is 13.9. The maximum atomic E-state index is 13.9. The Morgan fingerprint density at radius 2 is 1.73 bits per heavy atom. The van der Waals surface area contributed by atoms with Crippen molar-refractivity contribution < 1.29 is 18.8 Å². The Balaban J connectivity index is 1.45. The number of ketones is 1. The number of likely N-dealkylation sites (tertiary alicyclic amines) is 1. The molecule has 158 valence electrons. The number of nitrogens with zero attached hydrogens (tertiary/aromatic N) is 1. The van der Waals surface area contributed by atoms with Gasteiger partial charge in [-0.15, -0.1) is 0 Å². The van der Waals surface area contributed by atoms with Gasteiger partial charge in [-0.25, -0.2) is 4.39 Å². The van der Waals surface area contributed by atoms with Crippen LogP contribution >= 0.6 is 11.6 Å². The molecule has 1 heterocycles. The maximum Gasteiger partial charge on any atom is 0.255 e. The molecule has 0 atom stereocenters. The molecular weight excluding hydrogens is 407 g/mol. The van der Waals surface area contributed by atoms with Gasteiger partial charge >= 0.3 is 0 Å². The molecule has 0 bridgehead atoms. The van der Waals surface area contributed by atoms with E-state index in [4.69, 9.17) is 11.6 Å². The first-order chi connectivity index (χ1) is 14.3. The summed E-state index contributed by atoms with van der Waals surface area (Å²) in [6.07, 6.45) is 1.46. The average molecular weight is 431 g/mol. The zero-order valence-electron chi connectivity index (χ0n) is 16.8. The minimum atomic E-state index is -0.661. The molecule has 1 N–H and O–H groups in total. The first-order valence-electron chi connectivity index (χ1n) is 9.97. The highest BCUT2D eigenvalue weighted by Gasteiger charge is 2.26. The predicted molar refractivity (Wildman–Crippen MR) is 113 cm³/mol. The molecule has 1 aliphatic heterocycles. The monoisotopic (exact) mass is 430 g/mol. The lowest BCUT2D eigenvalue weighted by Crippen LogP contribution is -2.46. The smallest absolute Gasteiger partial charge is 0.255 e. The molecule has 0 radical (unpaired) electrons. The molecule has 1 saturated heterocycles. The number of carbonyl (C=O) groups is 3. The Hall–Kier alpha value is -2.73. The molecule has 30 heavy (non-hydrogen) atoms. The van der Waals surface area contributed by atoms with Gasteiger partial charge in [-0.3, -0.25) is 14.4 Å². The normalized spacial score (nSPS) is 14.4. The largest absolute Gasteiger partial charge is 0.349 e. The van der Waals surface area contributed by atoms with Crippen LogP contribution in [0.5, 0.6) is 0 Å². The quantitative estimate of drug-likeness (QED) is 0.699. The highest BCUT2D eigenvalue weighted by Crippen LogP contribution is 2.20. The number of halogens is 2. The third-order valence-electron chi connectivity index (χ3n) is 5.31. The summed E-state index contributed by atoms with van der Waals surface area (Å²) >= 11 is 5.94. The van der Waals surface area contributed by atoms with Crippen molar-refractivity contribution >= 4 is 29.2 Å². The number of piperidine rings is 1. The Morgan fingerprint density at radius 1 is 1.07 bits per heavy atom. The molecule has 5 nitrogen and oxygen atoms in total. The molecule has 2 amide bonds. The SMILES string of the molecule is Cc1ccc(C(=O)CCC(=O)N2CCC(NC(=O)c3c(F)cccc3Cl)CC2)cc1. The summed E-state index contributed by atoms with van der Waals surface area (Å²) in [4.78, 5) is 38.8. The van der Waals surface area contributed by atoms with Crippen LogP contribution in [0.25, 0.3) is 0 Å². The van der Waals surface area contributed by atoms with E-state index in [9.17, 15) is 18.8 Å². The standard InChI is InChI=1S/C23H24ClFN2O3/c1-15-5-7-16(8-6-15)20(28)9-10-21(29)27-13-11-17(12-14-27)26-23(30)22-18(24)3-2-4-19(22)25/h2-8,17H,9-14H2,1H3,(H,26,30). The van der Waals surface area contributed by atoms with Gasteiger partial charge in [0, 0.05) is 37.5 Å². The predicted octanol–water partition coefficient (Wildman–Crippen LogP) is 4.17. The van der Waals surface area contributed by atoms with E-state index in [1.165, 1.54) is 18.2 Å². The molecule has 2 aromatic carbocycles. The van der Waals surface area contributed by atoms with Crippen LogP contribution in [0.1, 0.15) is 52.0 Å². The van der Waals surface area contributed by atoms with Gasteiger partial charge in [-0.1, -0.05) is 47.5 Å². The van der Waals surface area contributed by atoms with Gasteiger partial charge < -0.3 is 10.2 Å². The zero-order chi connectivity index (χ0) is 21.7. The van der Waals surface area contributed by atoms with Gasteiger partial charge in [-0.05, 0) is 31.9 Å². The van der Waals surface area contributed by atoms with Crippen molar-refractivity contribution in [3.05, 3.63) is 70.0 Å². The van der Waals surface area contributed by atoms with Gasteiger partial charge in [0.15, 0.2) is 5.78 Å². The van der Waals surface area contributed by atoms with Crippen molar-refractivity contribution in [2.75, 3.05) is 13.1 Å². The van der Waals surface area contributed by atoms with Crippen molar-refractivity contribution in [2.45, 2.75) is 38.6 Å². The summed E-state index contributed by atoms with van der Waals surface area (Å²) in [5, 5.41) is 2.87. The van der Waals surface area contributed by atoms with Crippen molar-refractivity contribution in [3.63, 3.8) is 0 Å². The number of rotatable bonds is 6. The van der Waals surface area contributed by atoms with Crippen molar-refractivity contribution in [1.29, 1.82) is 0 Å². The molecule has 1 aliphatic rings. The summed E-state index contributed by atoms with van der Waals surface area (Å²) in [5.41, 5.74) is 1.53. The number of hydrogen-bond acceptors (Lipinski definition) is 3. The van der Waals surface area contributed by atoms with Crippen molar-refractivity contribution in [1.82, 2.24) is 10.2 Å². The number of aryl methyl sites for hydroxylation is 1. The summed E-state index contributed by atoms with van der Waals surface area (Å²) < 4.78 is 13.9. The third-order valence-corrected chi connectivity index (χ3v) is 5.63. The van der Waals surface area contributed by atoms with Crippen LogP contribution in [0.4, 0.5) is 4.39 Å². The van der Waals surface area contributed by atoms with Crippen LogP contribution in [0.2, 0.25) is 5.02 Å². The van der Waals surface area contributed by atoms with E-state index in [1.807, 2.05) is 19.1 Å². The van der Waals surface area contributed by atoms with Crippen LogP contribution in [-0.4, -0.2) is 41.6 Å². The molecule has 0 unspecified atom stereocenters. The third kappa shape index (κ3) is 5.45. The van der Waals surface area contributed by atoms with Crippen LogP contribution in [0, 0.1) is 12.7 Å². The minimum Gasteiger partial charge on any atom is -0.349 e. The molecule has 0 saturated carbocycles. The highest BCUT2D eigenvalue weighted by molar-refractivity contribution is 6.33. The van der Waals surface area contributed by atoms with Crippen LogP contribution in [-0.2, 0) is 4.79 Å². The number of hydrogen-bond donors (Lipinski definition) is 1.